The summed E-state index contributed by atoms with van der Waals surface area (Å²) in [6.07, 6.45) is 8.68. The van der Waals surface area contributed by atoms with Crippen LogP contribution in [0.5, 0.6) is 0 Å². The normalized spacial score (nSPS) is 22.6. The van der Waals surface area contributed by atoms with Gasteiger partial charge in [-0.15, -0.1) is 0 Å². The number of rotatable bonds is 4. The minimum absolute atomic E-state index is 1.36. The van der Waals surface area contributed by atoms with Crippen molar-refractivity contribution in [2.24, 2.45) is 0 Å². The van der Waals surface area contributed by atoms with Gasteiger partial charge in [0.15, 0.2) is 0 Å². The molecule has 1 nitrogen and oxygen atoms in total. The number of quaternary nitrogens is 1. The Balaban J connectivity index is 2.43. The van der Waals surface area contributed by atoms with Crippen LogP contribution in [0, 0.1) is 0 Å². The van der Waals surface area contributed by atoms with Gasteiger partial charge in [0.1, 0.15) is 0 Å². The molecule has 0 atom stereocenters. The second-order valence-electron chi connectivity index (χ2n) is 4.60. The van der Waals surface area contributed by atoms with Crippen LogP contribution in [0.15, 0.2) is 0 Å². The highest BCUT2D eigenvalue weighted by atomic mass is 15.3. The Kier molecular flexibility index (Phi) is 4.79. The van der Waals surface area contributed by atoms with Crippen molar-refractivity contribution in [1.29, 1.82) is 0 Å². The van der Waals surface area contributed by atoms with Gasteiger partial charge in [-0.2, -0.15) is 0 Å². The van der Waals surface area contributed by atoms with Crippen molar-refractivity contribution in [2.75, 3.05) is 26.2 Å². The van der Waals surface area contributed by atoms with Gasteiger partial charge >= 0.3 is 0 Å². The first-order valence-corrected chi connectivity index (χ1v) is 6.18. The van der Waals surface area contributed by atoms with E-state index in [1.807, 2.05) is 0 Å². The molecule has 78 valence electrons. The summed E-state index contributed by atoms with van der Waals surface area (Å²) in [5, 5.41) is 0. The highest BCUT2D eigenvalue weighted by Crippen LogP contribution is 2.19. The summed E-state index contributed by atoms with van der Waals surface area (Å²) in [6, 6.07) is 0. The Morgan fingerprint density at radius 2 is 1.54 bits per heavy atom. The molecule has 0 unspecified atom stereocenters. The van der Waals surface area contributed by atoms with Gasteiger partial charge in [0, 0.05) is 0 Å². The van der Waals surface area contributed by atoms with Crippen LogP contribution >= 0.6 is 0 Å². The van der Waals surface area contributed by atoms with Crippen molar-refractivity contribution >= 4 is 0 Å². The number of unbranched alkanes of at least 4 members (excludes halogenated alkanes) is 1. The second kappa shape index (κ2) is 5.64. The van der Waals surface area contributed by atoms with Crippen LogP contribution in [0.3, 0.4) is 0 Å². The zero-order valence-corrected chi connectivity index (χ0v) is 9.52. The van der Waals surface area contributed by atoms with E-state index in [1.165, 1.54) is 69.2 Å². The van der Waals surface area contributed by atoms with Crippen molar-refractivity contribution in [2.45, 2.75) is 52.4 Å². The van der Waals surface area contributed by atoms with E-state index < -0.39 is 0 Å². The van der Waals surface area contributed by atoms with E-state index in [2.05, 4.69) is 13.8 Å². The van der Waals surface area contributed by atoms with E-state index in [0.29, 0.717) is 0 Å². The molecule has 1 saturated heterocycles. The lowest BCUT2D eigenvalue weighted by molar-refractivity contribution is -0.926. The molecular formula is C12H26N+. The van der Waals surface area contributed by atoms with Crippen LogP contribution in [-0.2, 0) is 0 Å². The molecule has 1 heteroatoms. The van der Waals surface area contributed by atoms with Crippen LogP contribution in [0.25, 0.3) is 0 Å². The molecule has 0 saturated carbocycles. The number of hydrogen-bond acceptors (Lipinski definition) is 0. The predicted octanol–water partition coefficient (Wildman–Crippen LogP) is 3.20. The Morgan fingerprint density at radius 3 is 2.00 bits per heavy atom. The van der Waals surface area contributed by atoms with Crippen LogP contribution in [-0.4, -0.2) is 30.7 Å². The molecule has 0 spiro atoms. The molecule has 0 amide bonds. The lowest BCUT2D eigenvalue weighted by Crippen LogP contribution is -2.49. The third-order valence-electron chi connectivity index (χ3n) is 3.67. The molecule has 1 aliphatic heterocycles. The Morgan fingerprint density at radius 1 is 0.923 bits per heavy atom. The highest BCUT2D eigenvalue weighted by molar-refractivity contribution is 4.53. The lowest BCUT2D eigenvalue weighted by Gasteiger charge is -2.37. The predicted molar refractivity (Wildman–Crippen MR) is 58.8 cm³/mol. The first kappa shape index (κ1) is 11.0. The summed E-state index contributed by atoms with van der Waals surface area (Å²) >= 11 is 0. The van der Waals surface area contributed by atoms with Gasteiger partial charge in [-0.25, -0.2) is 0 Å². The van der Waals surface area contributed by atoms with Crippen LogP contribution in [0.1, 0.15) is 52.4 Å². The van der Waals surface area contributed by atoms with Gasteiger partial charge in [-0.1, -0.05) is 13.3 Å². The average molecular weight is 184 g/mol. The fourth-order valence-electron chi connectivity index (χ4n) is 2.55. The van der Waals surface area contributed by atoms with Crippen molar-refractivity contribution in [3.05, 3.63) is 0 Å². The third-order valence-corrected chi connectivity index (χ3v) is 3.67. The molecule has 0 aliphatic carbocycles. The lowest BCUT2D eigenvalue weighted by atomic mass is 10.2. The zero-order valence-electron chi connectivity index (χ0n) is 9.52. The molecule has 1 heterocycles. The second-order valence-corrected chi connectivity index (χ2v) is 4.60. The first-order valence-electron chi connectivity index (χ1n) is 6.18. The summed E-state index contributed by atoms with van der Waals surface area (Å²) in [5.41, 5.74) is 0. The van der Waals surface area contributed by atoms with E-state index in [9.17, 15) is 0 Å². The summed E-state index contributed by atoms with van der Waals surface area (Å²) in [4.78, 5) is 0. The topological polar surface area (TPSA) is 0 Å². The van der Waals surface area contributed by atoms with Crippen LogP contribution in [0.2, 0.25) is 0 Å². The monoisotopic (exact) mass is 184 g/mol. The molecule has 1 aliphatic rings. The number of hydrogen-bond donors (Lipinski definition) is 0. The van der Waals surface area contributed by atoms with Gasteiger partial charge < -0.3 is 4.48 Å². The largest absolute Gasteiger partial charge is 0.324 e. The van der Waals surface area contributed by atoms with E-state index in [-0.39, 0.29) is 0 Å². The molecule has 1 rings (SSSR count). The maximum absolute atomic E-state index is 2.38. The quantitative estimate of drug-likeness (QED) is 0.589. The zero-order chi connectivity index (χ0) is 9.57. The Bertz CT molecular complexity index is 123. The van der Waals surface area contributed by atoms with E-state index >= 15 is 0 Å². The average Bonchev–Trinajstić information content (AvgIpc) is 2.41. The maximum atomic E-state index is 2.38. The fraction of sp³-hybridized carbons (Fsp3) is 1.00. The molecule has 0 aromatic heterocycles. The molecule has 0 aromatic rings. The van der Waals surface area contributed by atoms with Crippen LogP contribution < -0.4 is 0 Å². The van der Waals surface area contributed by atoms with Crippen molar-refractivity contribution < 1.29 is 4.48 Å². The van der Waals surface area contributed by atoms with E-state index in [0.717, 1.165) is 0 Å². The van der Waals surface area contributed by atoms with Crippen molar-refractivity contribution in [3.63, 3.8) is 0 Å². The number of nitrogens with zero attached hydrogens (tertiary/aromatic N) is 1. The first-order chi connectivity index (χ1) is 6.33. The smallest absolute Gasteiger partial charge is 0.0786 e. The molecule has 13 heavy (non-hydrogen) atoms. The summed E-state index contributed by atoms with van der Waals surface area (Å²) in [6.45, 7) is 10.4. The summed E-state index contributed by atoms with van der Waals surface area (Å²) in [7, 11) is 0. The molecule has 0 aromatic carbocycles. The molecule has 0 bridgehead atoms. The van der Waals surface area contributed by atoms with Crippen molar-refractivity contribution in [1.82, 2.24) is 0 Å². The van der Waals surface area contributed by atoms with Gasteiger partial charge in [-0.3, -0.25) is 0 Å². The summed E-state index contributed by atoms with van der Waals surface area (Å²) < 4.78 is 1.42. The summed E-state index contributed by atoms with van der Waals surface area (Å²) in [5.74, 6) is 0. The van der Waals surface area contributed by atoms with Gasteiger partial charge in [0.2, 0.25) is 0 Å². The third kappa shape index (κ3) is 3.30. The molecule has 0 radical (unpaired) electrons. The van der Waals surface area contributed by atoms with E-state index in [1.54, 1.807) is 0 Å². The van der Waals surface area contributed by atoms with E-state index in [4.69, 9.17) is 0 Å². The highest BCUT2D eigenvalue weighted by Gasteiger charge is 2.25. The minimum atomic E-state index is 1.36. The molecule has 1 fully saturated rings. The Hall–Kier alpha value is -0.0400. The molecular weight excluding hydrogens is 158 g/mol. The van der Waals surface area contributed by atoms with Gasteiger partial charge in [0.25, 0.3) is 0 Å². The fourth-order valence-corrected chi connectivity index (χ4v) is 2.55. The Labute approximate surface area is 83.7 Å². The van der Waals surface area contributed by atoms with Gasteiger partial charge in [-0.05, 0) is 39.0 Å². The standard InChI is InChI=1S/C12H26N/c1-3-5-10-13(4-2)11-8-6-7-9-12-13/h3-12H2,1-2H3/q+1. The molecule has 0 N–H and O–H groups in total. The number of likely N-dealkylation sites (tertiary alicyclic amines) is 1. The van der Waals surface area contributed by atoms with Crippen LogP contribution in [0.4, 0.5) is 0 Å². The van der Waals surface area contributed by atoms with Crippen molar-refractivity contribution in [3.8, 4) is 0 Å². The maximum Gasteiger partial charge on any atom is 0.0786 e. The SMILES string of the molecule is CCCC[N+]1(CC)CCCCCC1. The minimum Gasteiger partial charge on any atom is -0.324 e. The van der Waals surface area contributed by atoms with Gasteiger partial charge in [0.05, 0.1) is 26.2 Å².